The normalized spacial score (nSPS) is 14.5. The number of hydrogen-bond donors (Lipinski definition) is 1. The molecule has 0 spiro atoms. The Kier molecular flexibility index (Phi) is 7.09. The number of amides is 1. The number of hydrogen-bond acceptors (Lipinski definition) is 6. The molecule has 4 aromatic rings. The van der Waals surface area contributed by atoms with Crippen molar-refractivity contribution in [1.82, 2.24) is 20.4 Å². The van der Waals surface area contributed by atoms with Gasteiger partial charge in [0, 0.05) is 28.8 Å². The molecule has 0 bridgehead atoms. The Bertz CT molecular complexity index is 1330. The van der Waals surface area contributed by atoms with E-state index in [1.54, 1.807) is 19.2 Å². The summed E-state index contributed by atoms with van der Waals surface area (Å²) in [5.41, 5.74) is 4.42. The van der Waals surface area contributed by atoms with Crippen molar-refractivity contribution in [2.24, 2.45) is 0 Å². The molecule has 1 fully saturated rings. The maximum Gasteiger partial charge on any atom is 0.251 e. The fraction of sp³-hybridized carbons (Fsp3) is 0.276. The second-order valence-electron chi connectivity index (χ2n) is 9.02. The zero-order valence-electron chi connectivity index (χ0n) is 20.6. The highest BCUT2D eigenvalue weighted by Gasteiger charge is 2.26. The molecule has 1 aliphatic rings. The van der Waals surface area contributed by atoms with Crippen molar-refractivity contribution in [1.29, 1.82) is 0 Å². The summed E-state index contributed by atoms with van der Waals surface area (Å²) in [6.45, 7) is 4.54. The molecule has 5 rings (SSSR count). The molecule has 0 radical (unpaired) electrons. The fourth-order valence-electron chi connectivity index (χ4n) is 4.75. The molecule has 36 heavy (non-hydrogen) atoms. The van der Waals surface area contributed by atoms with E-state index in [-0.39, 0.29) is 11.9 Å². The number of aryl methyl sites for hydroxylation is 1. The monoisotopic (exact) mass is 482 g/mol. The van der Waals surface area contributed by atoms with Gasteiger partial charge in [0.2, 0.25) is 11.8 Å². The van der Waals surface area contributed by atoms with Gasteiger partial charge in [0.25, 0.3) is 5.91 Å². The number of ether oxygens (including phenoxy) is 1. The molecule has 7 nitrogen and oxygen atoms in total. The third-order valence-corrected chi connectivity index (χ3v) is 6.73. The summed E-state index contributed by atoms with van der Waals surface area (Å²) in [4.78, 5) is 15.4. The Labute approximate surface area is 211 Å². The predicted octanol–water partition coefficient (Wildman–Crippen LogP) is 5.29. The van der Waals surface area contributed by atoms with Crippen molar-refractivity contribution in [3.05, 3.63) is 89.5 Å². The van der Waals surface area contributed by atoms with Gasteiger partial charge in [0.15, 0.2) is 0 Å². The molecule has 0 aliphatic carbocycles. The van der Waals surface area contributed by atoms with E-state index < -0.39 is 0 Å². The molecule has 1 aromatic heterocycles. The van der Waals surface area contributed by atoms with Crippen molar-refractivity contribution in [3.63, 3.8) is 0 Å². The van der Waals surface area contributed by atoms with Gasteiger partial charge in [-0.1, -0.05) is 36.4 Å². The number of rotatable bonds is 8. The number of methoxy groups -OCH3 is 1. The third-order valence-electron chi connectivity index (χ3n) is 6.73. The number of carbonyl (C=O) groups is 1. The highest BCUT2D eigenvalue weighted by molar-refractivity contribution is 5.94. The van der Waals surface area contributed by atoms with Crippen molar-refractivity contribution in [2.45, 2.75) is 25.8 Å². The van der Waals surface area contributed by atoms with Crippen molar-refractivity contribution < 1.29 is 13.9 Å². The molecule has 184 valence electrons. The van der Waals surface area contributed by atoms with Gasteiger partial charge in [-0.3, -0.25) is 9.69 Å². The van der Waals surface area contributed by atoms with Gasteiger partial charge in [-0.05, 0) is 74.8 Å². The van der Waals surface area contributed by atoms with Gasteiger partial charge < -0.3 is 14.5 Å². The van der Waals surface area contributed by atoms with Crippen molar-refractivity contribution in [2.75, 3.05) is 26.7 Å². The van der Waals surface area contributed by atoms with E-state index in [1.807, 2.05) is 61.5 Å². The van der Waals surface area contributed by atoms with Crippen LogP contribution in [-0.2, 0) is 0 Å². The van der Waals surface area contributed by atoms with E-state index in [0.717, 1.165) is 41.1 Å². The van der Waals surface area contributed by atoms with Gasteiger partial charge in [-0.25, -0.2) is 0 Å². The van der Waals surface area contributed by atoms with Gasteiger partial charge in [0.05, 0.1) is 13.2 Å². The zero-order valence-corrected chi connectivity index (χ0v) is 20.6. The number of nitrogens with zero attached hydrogens (tertiary/aromatic N) is 3. The largest absolute Gasteiger partial charge is 0.496 e. The van der Waals surface area contributed by atoms with E-state index in [1.165, 1.54) is 12.8 Å². The summed E-state index contributed by atoms with van der Waals surface area (Å²) in [5, 5.41) is 11.5. The van der Waals surface area contributed by atoms with Gasteiger partial charge in [-0.15, -0.1) is 10.2 Å². The Morgan fingerprint density at radius 1 is 0.972 bits per heavy atom. The quantitative estimate of drug-likeness (QED) is 0.368. The molecule has 3 aromatic carbocycles. The van der Waals surface area contributed by atoms with E-state index in [2.05, 4.69) is 26.5 Å². The Hall–Kier alpha value is -3.97. The second-order valence-corrected chi connectivity index (χ2v) is 9.02. The molecular formula is C29H30N4O3. The average Bonchev–Trinajstić information content (AvgIpc) is 3.63. The molecule has 1 unspecified atom stereocenters. The standard InChI is InChI=1S/C29H30N4O3/c1-20-9-3-4-10-23(20)29-32-31-28(36-29)22-15-13-21(14-16-22)27(34)30-19-25(33-17-7-8-18-33)24-11-5-6-12-26(24)35-2/h3-6,9-16,25H,7-8,17-19H2,1-2H3,(H,30,34). The summed E-state index contributed by atoms with van der Waals surface area (Å²) < 4.78 is 11.5. The van der Waals surface area contributed by atoms with Crippen LogP contribution in [0, 0.1) is 6.92 Å². The zero-order chi connectivity index (χ0) is 24.9. The van der Waals surface area contributed by atoms with Crippen LogP contribution in [0.5, 0.6) is 5.75 Å². The van der Waals surface area contributed by atoms with Crippen molar-refractivity contribution >= 4 is 5.91 Å². The maximum absolute atomic E-state index is 13.0. The smallest absolute Gasteiger partial charge is 0.251 e. The van der Waals surface area contributed by atoms with Crippen LogP contribution >= 0.6 is 0 Å². The van der Waals surface area contributed by atoms with Crippen LogP contribution in [-0.4, -0.2) is 47.7 Å². The second kappa shape index (κ2) is 10.7. The topological polar surface area (TPSA) is 80.5 Å². The van der Waals surface area contributed by atoms with E-state index in [4.69, 9.17) is 9.15 Å². The average molecular weight is 483 g/mol. The summed E-state index contributed by atoms with van der Waals surface area (Å²) in [5.74, 6) is 1.63. The third kappa shape index (κ3) is 5.02. The van der Waals surface area contributed by atoms with Gasteiger partial charge >= 0.3 is 0 Å². The number of likely N-dealkylation sites (tertiary alicyclic amines) is 1. The van der Waals surface area contributed by atoms with E-state index in [9.17, 15) is 4.79 Å². The van der Waals surface area contributed by atoms with Crippen LogP contribution in [0.2, 0.25) is 0 Å². The molecule has 1 aliphatic heterocycles. The lowest BCUT2D eigenvalue weighted by atomic mass is 10.0. The summed E-state index contributed by atoms with van der Waals surface area (Å²) in [6, 6.07) is 23.2. The molecule has 1 atom stereocenters. The minimum absolute atomic E-state index is 0.0603. The van der Waals surface area contributed by atoms with Gasteiger partial charge in [0.1, 0.15) is 5.75 Å². The fourth-order valence-corrected chi connectivity index (χ4v) is 4.75. The number of aromatic nitrogens is 2. The van der Waals surface area contributed by atoms with Crippen LogP contribution in [0.4, 0.5) is 0 Å². The molecule has 1 N–H and O–H groups in total. The first-order chi connectivity index (χ1) is 17.6. The molecule has 2 heterocycles. The highest BCUT2D eigenvalue weighted by Crippen LogP contribution is 2.31. The van der Waals surface area contributed by atoms with Crippen molar-refractivity contribution in [3.8, 4) is 28.7 Å². The minimum atomic E-state index is -0.119. The highest BCUT2D eigenvalue weighted by atomic mass is 16.5. The van der Waals surface area contributed by atoms with Crippen LogP contribution in [0.15, 0.2) is 77.2 Å². The lowest BCUT2D eigenvalue weighted by Gasteiger charge is -2.29. The predicted molar refractivity (Wildman–Crippen MR) is 139 cm³/mol. The number of nitrogens with one attached hydrogen (secondary N) is 1. The minimum Gasteiger partial charge on any atom is -0.496 e. The van der Waals surface area contributed by atoms with E-state index >= 15 is 0 Å². The molecule has 7 heteroatoms. The number of benzene rings is 3. The van der Waals surface area contributed by atoms with Crippen LogP contribution < -0.4 is 10.1 Å². The Balaban J connectivity index is 1.28. The van der Waals surface area contributed by atoms with Gasteiger partial charge in [-0.2, -0.15) is 0 Å². The lowest BCUT2D eigenvalue weighted by molar-refractivity contribution is 0.0937. The maximum atomic E-state index is 13.0. The Morgan fingerprint density at radius 2 is 1.67 bits per heavy atom. The molecule has 1 saturated heterocycles. The number of para-hydroxylation sites is 1. The summed E-state index contributed by atoms with van der Waals surface area (Å²) >= 11 is 0. The van der Waals surface area contributed by atoms with Crippen LogP contribution in [0.1, 0.15) is 40.4 Å². The molecule has 0 saturated carbocycles. The van der Waals surface area contributed by atoms with Crippen LogP contribution in [0.3, 0.4) is 0 Å². The number of carbonyl (C=O) groups excluding carboxylic acids is 1. The molecular weight excluding hydrogens is 452 g/mol. The summed E-state index contributed by atoms with van der Waals surface area (Å²) in [6.07, 6.45) is 2.34. The summed E-state index contributed by atoms with van der Waals surface area (Å²) in [7, 11) is 1.69. The Morgan fingerprint density at radius 3 is 2.42 bits per heavy atom. The SMILES string of the molecule is COc1ccccc1C(CNC(=O)c1ccc(-c2nnc(-c3ccccc3C)o2)cc1)N1CCCC1. The first kappa shape index (κ1) is 23.8. The van der Waals surface area contributed by atoms with E-state index in [0.29, 0.717) is 23.9 Å². The first-order valence-corrected chi connectivity index (χ1v) is 12.3. The van der Waals surface area contributed by atoms with Crippen LogP contribution in [0.25, 0.3) is 22.9 Å². The lowest BCUT2D eigenvalue weighted by Crippen LogP contribution is -2.37. The first-order valence-electron chi connectivity index (χ1n) is 12.3. The molecule has 1 amide bonds.